The van der Waals surface area contributed by atoms with Crippen LogP contribution in [0.2, 0.25) is 0 Å². The SMILES string of the molecule is C/C=C\c1cc(OC)c2c(c1OC)OCO2. The highest BCUT2D eigenvalue weighted by atomic mass is 16.7. The minimum absolute atomic E-state index is 0.196. The zero-order valence-electron chi connectivity index (χ0n) is 9.57. The first kappa shape index (κ1) is 10.7. The van der Waals surface area contributed by atoms with Crippen LogP contribution < -0.4 is 18.9 Å². The maximum absolute atomic E-state index is 5.39. The largest absolute Gasteiger partial charge is 0.493 e. The van der Waals surface area contributed by atoms with Crippen LogP contribution in [0.4, 0.5) is 0 Å². The Hall–Kier alpha value is -1.84. The second-order valence-electron chi connectivity index (χ2n) is 3.27. The molecule has 0 spiro atoms. The standard InChI is InChI=1S/C12H14O4/c1-4-5-8-6-9(13-2)11-12(10(8)14-3)16-7-15-11/h4-6H,7H2,1-3H3/b5-4-. The fourth-order valence-electron chi connectivity index (χ4n) is 1.70. The number of methoxy groups -OCH3 is 2. The van der Waals surface area contributed by atoms with Gasteiger partial charge in [0.2, 0.25) is 18.3 Å². The summed E-state index contributed by atoms with van der Waals surface area (Å²) in [5.74, 6) is 2.54. The molecule has 0 saturated heterocycles. The second-order valence-corrected chi connectivity index (χ2v) is 3.27. The monoisotopic (exact) mass is 222 g/mol. The summed E-state index contributed by atoms with van der Waals surface area (Å²) in [6.07, 6.45) is 3.86. The van der Waals surface area contributed by atoms with E-state index in [1.165, 1.54) is 0 Å². The summed E-state index contributed by atoms with van der Waals surface area (Å²) in [4.78, 5) is 0. The van der Waals surface area contributed by atoms with Gasteiger partial charge in [-0.05, 0) is 13.0 Å². The van der Waals surface area contributed by atoms with Crippen LogP contribution in [-0.4, -0.2) is 21.0 Å². The second kappa shape index (κ2) is 4.35. The fraction of sp³-hybridized carbons (Fsp3) is 0.333. The Bertz CT molecular complexity index is 424. The van der Waals surface area contributed by atoms with Crippen LogP contribution in [0.15, 0.2) is 12.1 Å². The predicted molar refractivity (Wildman–Crippen MR) is 60.4 cm³/mol. The molecule has 1 aliphatic heterocycles. The van der Waals surface area contributed by atoms with E-state index in [1.807, 2.05) is 25.1 Å². The molecule has 4 heteroatoms. The molecule has 0 N–H and O–H groups in total. The molecule has 16 heavy (non-hydrogen) atoms. The lowest BCUT2D eigenvalue weighted by atomic mass is 10.1. The molecule has 0 fully saturated rings. The Labute approximate surface area is 94.4 Å². The third-order valence-electron chi connectivity index (χ3n) is 2.36. The van der Waals surface area contributed by atoms with Gasteiger partial charge in [-0.25, -0.2) is 0 Å². The highest BCUT2D eigenvalue weighted by Crippen LogP contribution is 2.49. The van der Waals surface area contributed by atoms with Crippen molar-refractivity contribution in [3.8, 4) is 23.0 Å². The lowest BCUT2D eigenvalue weighted by Gasteiger charge is -2.11. The van der Waals surface area contributed by atoms with Gasteiger partial charge in [-0.1, -0.05) is 12.2 Å². The van der Waals surface area contributed by atoms with Gasteiger partial charge in [-0.15, -0.1) is 0 Å². The minimum Gasteiger partial charge on any atom is -0.493 e. The first-order valence-electron chi connectivity index (χ1n) is 4.99. The molecule has 0 aliphatic carbocycles. The molecule has 0 radical (unpaired) electrons. The van der Waals surface area contributed by atoms with Crippen molar-refractivity contribution in [2.45, 2.75) is 6.92 Å². The molecular formula is C12H14O4. The molecule has 0 atom stereocenters. The van der Waals surface area contributed by atoms with Crippen LogP contribution >= 0.6 is 0 Å². The van der Waals surface area contributed by atoms with E-state index in [0.29, 0.717) is 23.0 Å². The van der Waals surface area contributed by atoms with E-state index in [1.54, 1.807) is 14.2 Å². The van der Waals surface area contributed by atoms with E-state index in [4.69, 9.17) is 18.9 Å². The lowest BCUT2D eigenvalue weighted by molar-refractivity contribution is 0.168. The first-order valence-corrected chi connectivity index (χ1v) is 4.99. The normalized spacial score (nSPS) is 13.2. The van der Waals surface area contributed by atoms with E-state index >= 15 is 0 Å². The van der Waals surface area contributed by atoms with Crippen LogP contribution in [-0.2, 0) is 0 Å². The van der Waals surface area contributed by atoms with Gasteiger partial charge in [0.15, 0.2) is 11.5 Å². The molecule has 1 aromatic carbocycles. The van der Waals surface area contributed by atoms with Gasteiger partial charge >= 0.3 is 0 Å². The number of benzene rings is 1. The summed E-state index contributed by atoms with van der Waals surface area (Å²) in [5, 5.41) is 0. The van der Waals surface area contributed by atoms with E-state index in [-0.39, 0.29) is 6.79 Å². The van der Waals surface area contributed by atoms with Gasteiger partial charge in [0.1, 0.15) is 0 Å². The van der Waals surface area contributed by atoms with Crippen molar-refractivity contribution in [1.29, 1.82) is 0 Å². The topological polar surface area (TPSA) is 36.9 Å². The molecule has 0 amide bonds. The van der Waals surface area contributed by atoms with Crippen molar-refractivity contribution in [3.63, 3.8) is 0 Å². The number of ether oxygens (including phenoxy) is 4. The Balaban J connectivity index is 2.62. The first-order chi connectivity index (χ1) is 7.81. The molecule has 1 aliphatic rings. The van der Waals surface area contributed by atoms with E-state index < -0.39 is 0 Å². The Morgan fingerprint density at radius 2 is 1.94 bits per heavy atom. The maximum Gasteiger partial charge on any atom is 0.231 e. The van der Waals surface area contributed by atoms with Gasteiger partial charge in [-0.2, -0.15) is 0 Å². The summed E-state index contributed by atoms with van der Waals surface area (Å²) in [5.41, 5.74) is 0.908. The van der Waals surface area contributed by atoms with Crippen molar-refractivity contribution in [1.82, 2.24) is 0 Å². The maximum atomic E-state index is 5.39. The summed E-state index contributed by atoms with van der Waals surface area (Å²) < 4.78 is 21.3. The van der Waals surface area contributed by atoms with Crippen molar-refractivity contribution in [3.05, 3.63) is 17.7 Å². The van der Waals surface area contributed by atoms with Crippen molar-refractivity contribution >= 4 is 6.08 Å². The lowest BCUT2D eigenvalue weighted by Crippen LogP contribution is -1.94. The van der Waals surface area contributed by atoms with Crippen molar-refractivity contribution in [2.75, 3.05) is 21.0 Å². The molecule has 4 nitrogen and oxygen atoms in total. The number of rotatable bonds is 3. The summed E-state index contributed by atoms with van der Waals surface area (Å²) >= 11 is 0. The molecule has 0 saturated carbocycles. The van der Waals surface area contributed by atoms with Crippen molar-refractivity contribution in [2.24, 2.45) is 0 Å². The molecule has 0 unspecified atom stereocenters. The van der Waals surface area contributed by atoms with Gasteiger partial charge in [0.05, 0.1) is 14.2 Å². The third kappa shape index (κ3) is 1.56. The Kier molecular flexibility index (Phi) is 2.90. The highest BCUT2D eigenvalue weighted by Gasteiger charge is 2.25. The summed E-state index contributed by atoms with van der Waals surface area (Å²) in [7, 11) is 3.21. The number of hydrogen-bond donors (Lipinski definition) is 0. The molecule has 2 rings (SSSR count). The van der Waals surface area contributed by atoms with Crippen LogP contribution in [0, 0.1) is 0 Å². The molecule has 1 heterocycles. The zero-order chi connectivity index (χ0) is 11.5. The Morgan fingerprint density at radius 3 is 2.56 bits per heavy atom. The molecular weight excluding hydrogens is 208 g/mol. The number of fused-ring (bicyclic) bond motifs is 1. The molecule has 0 bridgehead atoms. The quantitative estimate of drug-likeness (QED) is 0.787. The molecule has 86 valence electrons. The summed E-state index contributed by atoms with van der Waals surface area (Å²) in [6.45, 7) is 2.14. The number of allylic oxidation sites excluding steroid dienone is 1. The van der Waals surface area contributed by atoms with Gasteiger partial charge < -0.3 is 18.9 Å². The van der Waals surface area contributed by atoms with E-state index in [0.717, 1.165) is 5.56 Å². The average Bonchev–Trinajstić information content (AvgIpc) is 2.77. The minimum atomic E-state index is 0.196. The van der Waals surface area contributed by atoms with E-state index in [9.17, 15) is 0 Å². The van der Waals surface area contributed by atoms with Crippen LogP contribution in [0.25, 0.3) is 6.08 Å². The van der Waals surface area contributed by atoms with Crippen LogP contribution in [0.3, 0.4) is 0 Å². The number of hydrogen-bond acceptors (Lipinski definition) is 4. The molecule has 1 aromatic rings. The average molecular weight is 222 g/mol. The van der Waals surface area contributed by atoms with Crippen LogP contribution in [0.1, 0.15) is 12.5 Å². The third-order valence-corrected chi connectivity index (χ3v) is 2.36. The van der Waals surface area contributed by atoms with Gasteiger partial charge in [-0.3, -0.25) is 0 Å². The van der Waals surface area contributed by atoms with Crippen molar-refractivity contribution < 1.29 is 18.9 Å². The van der Waals surface area contributed by atoms with Gasteiger partial charge in [0, 0.05) is 5.56 Å². The highest BCUT2D eigenvalue weighted by molar-refractivity contribution is 5.71. The zero-order valence-corrected chi connectivity index (χ0v) is 9.57. The molecule has 0 aromatic heterocycles. The Morgan fingerprint density at radius 1 is 1.19 bits per heavy atom. The smallest absolute Gasteiger partial charge is 0.231 e. The predicted octanol–water partition coefficient (Wildman–Crippen LogP) is 2.47. The fourth-order valence-corrected chi connectivity index (χ4v) is 1.70. The van der Waals surface area contributed by atoms with Crippen LogP contribution in [0.5, 0.6) is 23.0 Å². The van der Waals surface area contributed by atoms with Gasteiger partial charge in [0.25, 0.3) is 0 Å². The van der Waals surface area contributed by atoms with E-state index in [2.05, 4.69) is 0 Å². The summed E-state index contributed by atoms with van der Waals surface area (Å²) in [6, 6.07) is 1.87.